The van der Waals surface area contributed by atoms with Crippen LogP contribution >= 0.6 is 11.3 Å². The number of carbonyl (C=O) groups excluding carboxylic acids is 1. The molecule has 0 radical (unpaired) electrons. The summed E-state index contributed by atoms with van der Waals surface area (Å²) in [5.41, 5.74) is 3.47. The van der Waals surface area contributed by atoms with Crippen LogP contribution in [0.1, 0.15) is 26.6 Å². The van der Waals surface area contributed by atoms with Crippen LogP contribution in [0.2, 0.25) is 0 Å². The lowest BCUT2D eigenvalue weighted by molar-refractivity contribution is 0.102. The Balaban J connectivity index is 1.84. The van der Waals surface area contributed by atoms with Crippen molar-refractivity contribution in [1.29, 1.82) is 0 Å². The van der Waals surface area contributed by atoms with Crippen LogP contribution in [0, 0.1) is 13.8 Å². The standard InChI is InChI=1S/C17H17N3OS/c1-12-9-16(17(21)19-14-5-3-7-18-10-14)13(2)20(12)11-15-6-4-8-22-15/h3-10H,11H2,1-2H3,(H,19,21). The van der Waals surface area contributed by atoms with E-state index in [0.29, 0.717) is 11.3 Å². The molecular formula is C17H17N3OS. The zero-order valence-electron chi connectivity index (χ0n) is 12.5. The number of hydrogen-bond donors (Lipinski definition) is 1. The molecule has 0 atom stereocenters. The second-order valence-corrected chi connectivity index (χ2v) is 6.18. The van der Waals surface area contributed by atoms with Crippen LogP contribution in [0.4, 0.5) is 5.69 Å². The van der Waals surface area contributed by atoms with Gasteiger partial charge in [-0.1, -0.05) is 6.07 Å². The molecule has 0 aromatic carbocycles. The van der Waals surface area contributed by atoms with E-state index in [1.54, 1.807) is 29.8 Å². The van der Waals surface area contributed by atoms with Crippen LogP contribution in [0.15, 0.2) is 48.1 Å². The van der Waals surface area contributed by atoms with Gasteiger partial charge in [-0.05, 0) is 43.5 Å². The van der Waals surface area contributed by atoms with Gasteiger partial charge in [0.25, 0.3) is 5.91 Å². The Hall–Kier alpha value is -2.40. The number of carbonyl (C=O) groups is 1. The molecule has 22 heavy (non-hydrogen) atoms. The van der Waals surface area contributed by atoms with Gasteiger partial charge in [0.15, 0.2) is 0 Å². The van der Waals surface area contributed by atoms with Crippen molar-refractivity contribution in [3.8, 4) is 0 Å². The third-order valence-corrected chi connectivity index (χ3v) is 4.49. The van der Waals surface area contributed by atoms with Crippen molar-refractivity contribution in [2.24, 2.45) is 0 Å². The Bertz CT molecular complexity index is 776. The first-order valence-electron chi connectivity index (χ1n) is 7.05. The van der Waals surface area contributed by atoms with Gasteiger partial charge in [0.1, 0.15) is 0 Å². The maximum absolute atomic E-state index is 12.5. The van der Waals surface area contributed by atoms with Crippen molar-refractivity contribution >= 4 is 22.9 Å². The smallest absolute Gasteiger partial charge is 0.257 e. The Morgan fingerprint density at radius 1 is 1.32 bits per heavy atom. The van der Waals surface area contributed by atoms with E-state index in [1.165, 1.54) is 4.88 Å². The summed E-state index contributed by atoms with van der Waals surface area (Å²) in [7, 11) is 0. The molecule has 112 valence electrons. The van der Waals surface area contributed by atoms with Crippen LogP contribution in [-0.4, -0.2) is 15.5 Å². The fourth-order valence-electron chi connectivity index (χ4n) is 2.47. The molecule has 0 fully saturated rings. The summed E-state index contributed by atoms with van der Waals surface area (Å²) < 4.78 is 2.17. The number of nitrogens with one attached hydrogen (secondary N) is 1. The average Bonchev–Trinajstić information content (AvgIpc) is 3.12. The molecule has 0 aliphatic rings. The van der Waals surface area contributed by atoms with Crippen molar-refractivity contribution in [3.63, 3.8) is 0 Å². The van der Waals surface area contributed by atoms with E-state index in [2.05, 4.69) is 26.3 Å². The van der Waals surface area contributed by atoms with Gasteiger partial charge in [-0.25, -0.2) is 0 Å². The lowest BCUT2D eigenvalue weighted by Crippen LogP contribution is -2.13. The zero-order chi connectivity index (χ0) is 15.5. The van der Waals surface area contributed by atoms with Gasteiger partial charge in [-0.3, -0.25) is 9.78 Å². The van der Waals surface area contributed by atoms with E-state index in [0.717, 1.165) is 17.9 Å². The number of hydrogen-bond acceptors (Lipinski definition) is 3. The maximum atomic E-state index is 12.5. The molecule has 0 aliphatic heterocycles. The van der Waals surface area contributed by atoms with Crippen LogP contribution < -0.4 is 5.32 Å². The number of pyridine rings is 1. The third kappa shape index (κ3) is 2.94. The molecule has 0 aliphatic carbocycles. The SMILES string of the molecule is Cc1cc(C(=O)Nc2cccnc2)c(C)n1Cc1cccs1. The summed E-state index contributed by atoms with van der Waals surface area (Å²) in [5, 5.41) is 4.96. The summed E-state index contributed by atoms with van der Waals surface area (Å²) in [6, 6.07) is 9.73. The molecule has 1 amide bonds. The highest BCUT2D eigenvalue weighted by Gasteiger charge is 2.16. The van der Waals surface area contributed by atoms with Crippen molar-refractivity contribution in [3.05, 3.63) is 69.9 Å². The Morgan fingerprint density at radius 2 is 2.18 bits per heavy atom. The van der Waals surface area contributed by atoms with Gasteiger partial charge >= 0.3 is 0 Å². The van der Waals surface area contributed by atoms with Crippen molar-refractivity contribution in [1.82, 2.24) is 9.55 Å². The minimum absolute atomic E-state index is 0.0986. The first kappa shape index (κ1) is 14.5. The fourth-order valence-corrected chi connectivity index (χ4v) is 3.16. The molecule has 0 bridgehead atoms. The number of aromatic nitrogens is 2. The second kappa shape index (κ2) is 6.15. The highest BCUT2D eigenvalue weighted by Crippen LogP contribution is 2.20. The molecule has 0 saturated carbocycles. The van der Waals surface area contributed by atoms with Crippen molar-refractivity contribution in [2.45, 2.75) is 20.4 Å². The zero-order valence-corrected chi connectivity index (χ0v) is 13.4. The van der Waals surface area contributed by atoms with Gasteiger partial charge in [-0.2, -0.15) is 0 Å². The quantitative estimate of drug-likeness (QED) is 0.795. The van der Waals surface area contributed by atoms with Crippen LogP contribution in [0.25, 0.3) is 0 Å². The van der Waals surface area contributed by atoms with Gasteiger partial charge < -0.3 is 9.88 Å². The van der Waals surface area contributed by atoms with E-state index in [-0.39, 0.29) is 5.91 Å². The number of aryl methyl sites for hydroxylation is 1. The maximum Gasteiger partial charge on any atom is 0.257 e. The molecule has 5 heteroatoms. The van der Waals surface area contributed by atoms with E-state index in [4.69, 9.17) is 0 Å². The topological polar surface area (TPSA) is 46.9 Å². The van der Waals surface area contributed by atoms with E-state index < -0.39 is 0 Å². The summed E-state index contributed by atoms with van der Waals surface area (Å²) in [4.78, 5) is 17.7. The molecular weight excluding hydrogens is 294 g/mol. The van der Waals surface area contributed by atoms with Gasteiger partial charge in [0.05, 0.1) is 24.0 Å². The highest BCUT2D eigenvalue weighted by atomic mass is 32.1. The molecule has 0 spiro atoms. The van der Waals surface area contributed by atoms with Gasteiger partial charge in [0.2, 0.25) is 0 Å². The molecule has 0 saturated heterocycles. The molecule has 1 N–H and O–H groups in total. The molecule has 4 nitrogen and oxygen atoms in total. The third-order valence-electron chi connectivity index (χ3n) is 3.63. The minimum atomic E-state index is -0.0986. The van der Waals surface area contributed by atoms with Crippen LogP contribution in [-0.2, 0) is 6.54 Å². The Morgan fingerprint density at radius 3 is 2.86 bits per heavy atom. The number of anilines is 1. The van der Waals surface area contributed by atoms with Gasteiger partial charge in [-0.15, -0.1) is 11.3 Å². The molecule has 3 rings (SSSR count). The summed E-state index contributed by atoms with van der Waals surface area (Å²) in [5.74, 6) is -0.0986. The number of thiophene rings is 1. The predicted octanol–water partition coefficient (Wildman–Crippen LogP) is 3.86. The predicted molar refractivity (Wildman–Crippen MR) is 89.5 cm³/mol. The normalized spacial score (nSPS) is 10.6. The summed E-state index contributed by atoms with van der Waals surface area (Å²) in [6.45, 7) is 4.82. The lowest BCUT2D eigenvalue weighted by Gasteiger charge is -2.09. The average molecular weight is 311 g/mol. The molecule has 3 aromatic heterocycles. The first-order valence-corrected chi connectivity index (χ1v) is 7.93. The largest absolute Gasteiger partial charge is 0.343 e. The van der Waals surface area contributed by atoms with E-state index >= 15 is 0 Å². The molecule has 3 aromatic rings. The lowest BCUT2D eigenvalue weighted by atomic mass is 10.2. The van der Waals surface area contributed by atoms with Crippen molar-refractivity contribution in [2.75, 3.05) is 5.32 Å². The van der Waals surface area contributed by atoms with Gasteiger partial charge in [0, 0.05) is 22.5 Å². The minimum Gasteiger partial charge on any atom is -0.343 e. The van der Waals surface area contributed by atoms with E-state index in [1.807, 2.05) is 32.0 Å². The first-order chi connectivity index (χ1) is 10.6. The summed E-state index contributed by atoms with van der Waals surface area (Å²) >= 11 is 1.73. The molecule has 0 unspecified atom stereocenters. The number of amides is 1. The fraction of sp³-hybridized carbons (Fsp3) is 0.176. The van der Waals surface area contributed by atoms with Crippen LogP contribution in [0.5, 0.6) is 0 Å². The molecule has 3 heterocycles. The number of rotatable bonds is 4. The van der Waals surface area contributed by atoms with Crippen molar-refractivity contribution < 1.29 is 4.79 Å². The highest BCUT2D eigenvalue weighted by molar-refractivity contribution is 7.09. The Labute approximate surface area is 133 Å². The second-order valence-electron chi connectivity index (χ2n) is 5.15. The monoisotopic (exact) mass is 311 g/mol. The van der Waals surface area contributed by atoms with Crippen LogP contribution in [0.3, 0.4) is 0 Å². The van der Waals surface area contributed by atoms with E-state index in [9.17, 15) is 4.79 Å². The summed E-state index contributed by atoms with van der Waals surface area (Å²) in [6.07, 6.45) is 3.32. The number of nitrogens with zero attached hydrogens (tertiary/aromatic N) is 2. The Kier molecular flexibility index (Phi) is 4.06.